The Morgan fingerprint density at radius 3 is 2.54 bits per heavy atom. The lowest BCUT2D eigenvalue weighted by atomic mass is 9.98. The summed E-state index contributed by atoms with van der Waals surface area (Å²) >= 11 is 0. The van der Waals surface area contributed by atoms with Gasteiger partial charge < -0.3 is 5.11 Å². The van der Waals surface area contributed by atoms with Crippen molar-refractivity contribution in [1.82, 2.24) is 4.98 Å². The molecule has 1 saturated heterocycles. The van der Waals surface area contributed by atoms with Crippen molar-refractivity contribution >= 4 is 28.2 Å². The number of aliphatic hydroxyl groups is 1. The van der Waals surface area contributed by atoms with Crippen LogP contribution < -0.4 is 9.80 Å². The topological polar surface area (TPSA) is 80.5 Å². The number of rotatable bonds is 3. The van der Waals surface area contributed by atoms with Gasteiger partial charge >= 0.3 is 6.03 Å². The van der Waals surface area contributed by atoms with E-state index in [-0.39, 0.29) is 12.6 Å². The van der Waals surface area contributed by atoms with Gasteiger partial charge in [-0.3, -0.25) is 14.8 Å². The van der Waals surface area contributed by atoms with Gasteiger partial charge in [0.05, 0.1) is 30.1 Å². The first-order valence-electron chi connectivity index (χ1n) is 9.06. The predicted molar refractivity (Wildman–Crippen MR) is 108 cm³/mol. The van der Waals surface area contributed by atoms with Gasteiger partial charge in [0.1, 0.15) is 6.04 Å². The first-order valence-corrected chi connectivity index (χ1v) is 9.06. The highest BCUT2D eigenvalue weighted by atomic mass is 16.3. The number of nitrogens with zero attached hydrogens (tertiary/aromatic N) is 4. The summed E-state index contributed by atoms with van der Waals surface area (Å²) in [6, 6.07) is 16.2. The molecule has 1 N–H and O–H groups in total. The van der Waals surface area contributed by atoms with Gasteiger partial charge in [-0.15, -0.1) is 0 Å². The minimum atomic E-state index is -0.955. The van der Waals surface area contributed by atoms with Crippen LogP contribution in [0.4, 0.5) is 16.2 Å². The quantitative estimate of drug-likeness (QED) is 0.758. The van der Waals surface area contributed by atoms with Crippen LogP contribution in [0.2, 0.25) is 0 Å². The van der Waals surface area contributed by atoms with Crippen LogP contribution in [-0.4, -0.2) is 28.7 Å². The second-order valence-electron chi connectivity index (χ2n) is 7.39. The zero-order chi connectivity index (χ0) is 19.9. The number of benzene rings is 2. The summed E-state index contributed by atoms with van der Waals surface area (Å²) in [6.45, 7) is 3.69. The molecule has 0 radical (unpaired) electrons. The minimum absolute atomic E-state index is 0.263. The molecule has 6 nitrogen and oxygen atoms in total. The number of anilines is 2. The number of fused-ring (bicyclic) bond motifs is 1. The number of carbonyl (C=O) groups is 1. The Hall–Kier alpha value is -3.43. The molecule has 1 aromatic heterocycles. The van der Waals surface area contributed by atoms with Crippen molar-refractivity contribution in [1.29, 1.82) is 5.26 Å². The van der Waals surface area contributed by atoms with Crippen molar-refractivity contribution in [2.24, 2.45) is 0 Å². The fraction of sp³-hybridized carbons (Fsp3) is 0.227. The van der Waals surface area contributed by atoms with Gasteiger partial charge in [0.25, 0.3) is 0 Å². The number of hydrogen-bond acceptors (Lipinski definition) is 4. The number of pyridine rings is 1. The molecule has 0 aliphatic carbocycles. The summed E-state index contributed by atoms with van der Waals surface area (Å²) in [5.74, 6) is 0. The number of amides is 2. The van der Waals surface area contributed by atoms with Crippen molar-refractivity contribution in [2.45, 2.75) is 25.5 Å². The summed E-state index contributed by atoms with van der Waals surface area (Å²) in [4.78, 5) is 20.6. The van der Waals surface area contributed by atoms with Crippen molar-refractivity contribution in [2.75, 3.05) is 16.3 Å². The maximum Gasteiger partial charge on any atom is 0.330 e. The lowest BCUT2D eigenvalue weighted by Gasteiger charge is -2.22. The first-order chi connectivity index (χ1) is 13.4. The zero-order valence-corrected chi connectivity index (χ0v) is 15.7. The molecule has 2 aromatic carbocycles. The molecule has 140 valence electrons. The molecule has 1 fully saturated rings. The Kier molecular flexibility index (Phi) is 4.25. The zero-order valence-electron chi connectivity index (χ0n) is 15.7. The summed E-state index contributed by atoms with van der Waals surface area (Å²) < 4.78 is 0. The molecule has 3 aromatic rings. The highest BCUT2D eigenvalue weighted by Gasteiger charge is 2.40. The largest absolute Gasteiger partial charge is 0.386 e. The van der Waals surface area contributed by atoms with Crippen molar-refractivity contribution in [3.05, 3.63) is 66.5 Å². The molecular weight excluding hydrogens is 352 g/mol. The standard InChI is InChI=1S/C22H20N4O2/c1-22(2,28)16-7-9-17(10-8-16)25-14-18(11-23)26(21(25)27)20-13-24-12-15-5-3-4-6-19(15)20/h3-10,12-13,18,28H,14H2,1-2H3/t18-/m0/s1. The van der Waals surface area contributed by atoms with E-state index >= 15 is 0 Å². The number of hydrogen-bond donors (Lipinski definition) is 1. The van der Waals surface area contributed by atoms with E-state index in [2.05, 4.69) is 11.1 Å². The van der Waals surface area contributed by atoms with Crippen LogP contribution >= 0.6 is 0 Å². The van der Waals surface area contributed by atoms with E-state index < -0.39 is 11.6 Å². The van der Waals surface area contributed by atoms with Gasteiger partial charge in [-0.1, -0.05) is 36.4 Å². The Morgan fingerprint density at radius 1 is 1.14 bits per heavy atom. The average Bonchev–Trinajstić information content (AvgIpc) is 3.03. The number of carbonyl (C=O) groups excluding carboxylic acids is 1. The van der Waals surface area contributed by atoms with E-state index in [1.54, 1.807) is 55.4 Å². The first kappa shape index (κ1) is 18.0. The van der Waals surface area contributed by atoms with E-state index in [0.29, 0.717) is 11.4 Å². The number of nitriles is 1. The summed E-state index contributed by atoms with van der Waals surface area (Å²) in [6.07, 6.45) is 3.37. The Bertz CT molecular complexity index is 1070. The lowest BCUT2D eigenvalue weighted by molar-refractivity contribution is 0.0786. The van der Waals surface area contributed by atoms with Crippen LogP contribution in [0, 0.1) is 11.3 Å². The maximum absolute atomic E-state index is 13.2. The molecule has 1 aliphatic heterocycles. The summed E-state index contributed by atoms with van der Waals surface area (Å²) in [5, 5.41) is 21.6. The highest BCUT2D eigenvalue weighted by Crippen LogP contribution is 2.33. The molecule has 28 heavy (non-hydrogen) atoms. The van der Waals surface area contributed by atoms with Crippen LogP contribution in [0.25, 0.3) is 10.8 Å². The average molecular weight is 372 g/mol. The summed E-state index contributed by atoms with van der Waals surface area (Å²) in [7, 11) is 0. The maximum atomic E-state index is 13.2. The Balaban J connectivity index is 1.73. The van der Waals surface area contributed by atoms with Gasteiger partial charge in [0, 0.05) is 22.7 Å². The van der Waals surface area contributed by atoms with Crippen molar-refractivity contribution < 1.29 is 9.90 Å². The van der Waals surface area contributed by atoms with E-state index in [9.17, 15) is 15.2 Å². The van der Waals surface area contributed by atoms with E-state index in [1.165, 1.54) is 4.90 Å². The third-order valence-electron chi connectivity index (χ3n) is 5.05. The van der Waals surface area contributed by atoms with E-state index in [1.807, 2.05) is 24.3 Å². The smallest absolute Gasteiger partial charge is 0.330 e. The number of urea groups is 1. The fourth-order valence-electron chi connectivity index (χ4n) is 3.52. The SMILES string of the molecule is CC(C)(O)c1ccc(N2C[C@H](C#N)N(c3cncc4ccccc34)C2=O)cc1. The molecule has 2 heterocycles. The minimum Gasteiger partial charge on any atom is -0.386 e. The molecule has 4 rings (SSSR count). The van der Waals surface area contributed by atoms with Gasteiger partial charge in [0.2, 0.25) is 0 Å². The molecular formula is C22H20N4O2. The Labute approximate surface area is 163 Å². The molecule has 1 aliphatic rings. The van der Waals surface area contributed by atoms with Crippen LogP contribution in [0.3, 0.4) is 0 Å². The molecule has 0 unspecified atom stereocenters. The Morgan fingerprint density at radius 2 is 1.86 bits per heavy atom. The summed E-state index contributed by atoms with van der Waals surface area (Å²) in [5.41, 5.74) is 1.12. The molecule has 2 amide bonds. The molecule has 0 spiro atoms. The lowest BCUT2D eigenvalue weighted by Crippen LogP contribution is -2.34. The van der Waals surface area contributed by atoms with Gasteiger partial charge in [-0.25, -0.2) is 4.79 Å². The normalized spacial score (nSPS) is 17.2. The van der Waals surface area contributed by atoms with Gasteiger partial charge in [0.15, 0.2) is 0 Å². The second-order valence-corrected chi connectivity index (χ2v) is 7.39. The van der Waals surface area contributed by atoms with Gasteiger partial charge in [-0.2, -0.15) is 5.26 Å². The third kappa shape index (κ3) is 2.96. The number of aromatic nitrogens is 1. The molecule has 6 heteroatoms. The van der Waals surface area contributed by atoms with Crippen molar-refractivity contribution in [3.63, 3.8) is 0 Å². The second kappa shape index (κ2) is 6.63. The third-order valence-corrected chi connectivity index (χ3v) is 5.05. The van der Waals surface area contributed by atoms with Crippen LogP contribution in [0.5, 0.6) is 0 Å². The highest BCUT2D eigenvalue weighted by molar-refractivity contribution is 6.11. The molecule has 0 bridgehead atoms. The van der Waals surface area contributed by atoms with Crippen LogP contribution in [0.1, 0.15) is 19.4 Å². The molecule has 1 atom stereocenters. The molecule has 0 saturated carbocycles. The van der Waals surface area contributed by atoms with E-state index in [0.717, 1.165) is 16.3 Å². The van der Waals surface area contributed by atoms with Gasteiger partial charge in [-0.05, 0) is 31.5 Å². The van der Waals surface area contributed by atoms with Crippen LogP contribution in [0.15, 0.2) is 60.9 Å². The van der Waals surface area contributed by atoms with Crippen molar-refractivity contribution in [3.8, 4) is 6.07 Å². The van der Waals surface area contributed by atoms with Crippen LogP contribution in [-0.2, 0) is 5.60 Å². The van der Waals surface area contributed by atoms with E-state index in [4.69, 9.17) is 0 Å². The fourth-order valence-corrected chi connectivity index (χ4v) is 3.52. The predicted octanol–water partition coefficient (Wildman–Crippen LogP) is 3.80. The monoisotopic (exact) mass is 372 g/mol.